The van der Waals surface area contributed by atoms with Gasteiger partial charge in [0.05, 0.1) is 5.75 Å². The van der Waals surface area contributed by atoms with E-state index in [2.05, 4.69) is 17.6 Å². The van der Waals surface area contributed by atoms with Crippen LogP contribution in [-0.2, 0) is 0 Å². The zero-order valence-corrected chi connectivity index (χ0v) is 6.21. The van der Waals surface area contributed by atoms with Crippen molar-refractivity contribution in [2.45, 2.75) is 0 Å². The molecule has 10 heavy (non-hydrogen) atoms. The summed E-state index contributed by atoms with van der Waals surface area (Å²) in [5.41, 5.74) is 0.484. The third kappa shape index (κ3) is 1.57. The molecule has 0 radical (unpaired) electrons. The quantitative estimate of drug-likeness (QED) is 0.511. The summed E-state index contributed by atoms with van der Waals surface area (Å²) >= 11 is 3.84. The third-order valence-corrected chi connectivity index (χ3v) is 1.38. The maximum atomic E-state index is 10.9. The summed E-state index contributed by atoms with van der Waals surface area (Å²) < 4.78 is 0. The first kappa shape index (κ1) is 7.28. The molecule has 0 saturated carbocycles. The summed E-state index contributed by atoms with van der Waals surface area (Å²) in [5.74, 6) is 0.181. The molecule has 0 spiro atoms. The van der Waals surface area contributed by atoms with E-state index in [1.165, 1.54) is 0 Å². The first-order valence-electron chi connectivity index (χ1n) is 2.89. The monoisotopic (exact) mass is 153 g/mol. The number of hydrogen-bond donors (Lipinski definition) is 1. The molecule has 0 aromatic carbocycles. The fourth-order valence-electron chi connectivity index (χ4n) is 0.609. The lowest BCUT2D eigenvalue weighted by atomic mass is 10.3. The Hall–Kier alpha value is -0.830. The third-order valence-electron chi connectivity index (χ3n) is 1.09. The molecule has 1 aromatic rings. The highest BCUT2D eigenvalue weighted by atomic mass is 32.1. The van der Waals surface area contributed by atoms with Crippen LogP contribution in [0.1, 0.15) is 10.5 Å². The van der Waals surface area contributed by atoms with Gasteiger partial charge in [-0.25, -0.2) is 0 Å². The molecule has 52 valence electrons. The number of hydrogen-bond acceptors (Lipinski definition) is 3. The lowest BCUT2D eigenvalue weighted by molar-refractivity contribution is 0.101. The van der Waals surface area contributed by atoms with Crippen molar-refractivity contribution in [2.24, 2.45) is 0 Å². The van der Waals surface area contributed by atoms with Gasteiger partial charge in [-0.2, -0.15) is 12.6 Å². The molecule has 1 aromatic heterocycles. The van der Waals surface area contributed by atoms with Gasteiger partial charge in [0, 0.05) is 6.20 Å². The summed E-state index contributed by atoms with van der Waals surface area (Å²) in [6.07, 6.45) is 1.59. The molecule has 0 bridgehead atoms. The Kier molecular flexibility index (Phi) is 2.45. The SMILES string of the molecule is O=C(CS)c1ccccn1. The summed E-state index contributed by atoms with van der Waals surface area (Å²) in [4.78, 5) is 14.7. The highest BCUT2D eigenvalue weighted by molar-refractivity contribution is 7.81. The highest BCUT2D eigenvalue weighted by Crippen LogP contribution is 1.95. The number of rotatable bonds is 2. The van der Waals surface area contributed by atoms with E-state index in [-0.39, 0.29) is 11.5 Å². The highest BCUT2D eigenvalue weighted by Gasteiger charge is 2.01. The Balaban J connectivity index is 2.85. The van der Waals surface area contributed by atoms with Crippen LogP contribution >= 0.6 is 12.6 Å². The lowest BCUT2D eigenvalue weighted by Gasteiger charge is -1.92. The standard InChI is InChI=1S/C7H7NOS/c9-7(5-10)6-3-1-2-4-8-6/h1-4,10H,5H2. The molecule has 0 unspecified atom stereocenters. The van der Waals surface area contributed by atoms with Gasteiger partial charge in [-0.3, -0.25) is 9.78 Å². The van der Waals surface area contributed by atoms with Gasteiger partial charge >= 0.3 is 0 Å². The number of carbonyl (C=O) groups is 1. The second kappa shape index (κ2) is 3.37. The average Bonchev–Trinajstić information content (AvgIpc) is 2.05. The molecule has 1 heterocycles. The lowest BCUT2D eigenvalue weighted by Crippen LogP contribution is -2.01. The van der Waals surface area contributed by atoms with Gasteiger partial charge in [0.25, 0.3) is 0 Å². The van der Waals surface area contributed by atoms with Gasteiger partial charge in [-0.15, -0.1) is 0 Å². The van der Waals surface area contributed by atoms with Crippen LogP contribution in [-0.4, -0.2) is 16.5 Å². The molecule has 0 aliphatic carbocycles. The zero-order chi connectivity index (χ0) is 7.40. The van der Waals surface area contributed by atoms with Crippen molar-refractivity contribution in [2.75, 3.05) is 5.75 Å². The van der Waals surface area contributed by atoms with E-state index >= 15 is 0 Å². The molecule has 0 atom stereocenters. The van der Waals surface area contributed by atoms with Gasteiger partial charge in [0.15, 0.2) is 5.78 Å². The number of ketones is 1. The van der Waals surface area contributed by atoms with Crippen molar-refractivity contribution in [3.8, 4) is 0 Å². The molecule has 0 aliphatic heterocycles. The topological polar surface area (TPSA) is 30.0 Å². The van der Waals surface area contributed by atoms with E-state index < -0.39 is 0 Å². The van der Waals surface area contributed by atoms with E-state index in [0.29, 0.717) is 5.69 Å². The fourth-order valence-corrected chi connectivity index (χ4v) is 0.771. The van der Waals surface area contributed by atoms with Crippen molar-refractivity contribution in [1.82, 2.24) is 4.98 Å². The van der Waals surface area contributed by atoms with Crippen LogP contribution in [0.4, 0.5) is 0 Å². The molecule has 1 rings (SSSR count). The van der Waals surface area contributed by atoms with Gasteiger partial charge in [-0.1, -0.05) is 6.07 Å². The number of pyridine rings is 1. The van der Waals surface area contributed by atoms with E-state index in [4.69, 9.17) is 0 Å². The second-order valence-electron chi connectivity index (χ2n) is 1.80. The average molecular weight is 153 g/mol. The summed E-state index contributed by atoms with van der Waals surface area (Å²) in [7, 11) is 0. The Morgan fingerprint density at radius 1 is 1.60 bits per heavy atom. The maximum Gasteiger partial charge on any atom is 0.190 e. The number of nitrogens with zero attached hydrogens (tertiary/aromatic N) is 1. The molecule has 0 fully saturated rings. The van der Waals surface area contributed by atoms with Crippen molar-refractivity contribution in [1.29, 1.82) is 0 Å². The van der Waals surface area contributed by atoms with Crippen molar-refractivity contribution in [3.63, 3.8) is 0 Å². The minimum absolute atomic E-state index is 0.0380. The molecule has 2 nitrogen and oxygen atoms in total. The zero-order valence-electron chi connectivity index (χ0n) is 5.32. The van der Waals surface area contributed by atoms with Crippen LogP contribution in [0.25, 0.3) is 0 Å². The predicted octanol–water partition coefficient (Wildman–Crippen LogP) is 1.19. The van der Waals surface area contributed by atoms with E-state index in [1.807, 2.05) is 0 Å². The van der Waals surface area contributed by atoms with Crippen LogP contribution in [0.15, 0.2) is 24.4 Å². The number of carbonyl (C=O) groups excluding carboxylic acids is 1. The Morgan fingerprint density at radius 3 is 2.90 bits per heavy atom. The second-order valence-corrected chi connectivity index (χ2v) is 2.11. The smallest absolute Gasteiger partial charge is 0.190 e. The minimum Gasteiger partial charge on any atom is -0.292 e. The van der Waals surface area contributed by atoms with Gasteiger partial charge in [-0.05, 0) is 12.1 Å². The first-order valence-corrected chi connectivity index (χ1v) is 3.53. The molecular formula is C7H7NOS. The van der Waals surface area contributed by atoms with Gasteiger partial charge in [0.1, 0.15) is 5.69 Å². The van der Waals surface area contributed by atoms with E-state index in [0.717, 1.165) is 0 Å². The normalized spacial score (nSPS) is 9.30. The Labute approximate surface area is 64.7 Å². The van der Waals surface area contributed by atoms with Crippen molar-refractivity contribution >= 4 is 18.4 Å². The van der Waals surface area contributed by atoms with Crippen LogP contribution < -0.4 is 0 Å². The van der Waals surface area contributed by atoms with Crippen LogP contribution in [0.3, 0.4) is 0 Å². The predicted molar refractivity (Wildman–Crippen MR) is 42.4 cm³/mol. The number of Topliss-reactive ketones (excluding diaryl/α,β-unsaturated/α-hetero) is 1. The molecule has 3 heteroatoms. The molecule has 0 aliphatic rings. The fraction of sp³-hybridized carbons (Fsp3) is 0.143. The van der Waals surface area contributed by atoms with Gasteiger partial charge in [0.2, 0.25) is 0 Å². The maximum absolute atomic E-state index is 10.9. The molecular weight excluding hydrogens is 146 g/mol. The summed E-state index contributed by atoms with van der Waals surface area (Å²) in [6, 6.07) is 5.23. The molecule has 0 saturated heterocycles. The summed E-state index contributed by atoms with van der Waals surface area (Å²) in [5, 5.41) is 0. The number of aromatic nitrogens is 1. The first-order chi connectivity index (χ1) is 4.84. The van der Waals surface area contributed by atoms with Crippen LogP contribution in [0.2, 0.25) is 0 Å². The van der Waals surface area contributed by atoms with Crippen LogP contribution in [0, 0.1) is 0 Å². The van der Waals surface area contributed by atoms with E-state index in [9.17, 15) is 4.79 Å². The molecule has 0 amide bonds. The Bertz CT molecular complexity index is 222. The van der Waals surface area contributed by atoms with Gasteiger partial charge < -0.3 is 0 Å². The van der Waals surface area contributed by atoms with E-state index in [1.54, 1.807) is 24.4 Å². The van der Waals surface area contributed by atoms with Crippen LogP contribution in [0.5, 0.6) is 0 Å². The molecule has 0 N–H and O–H groups in total. The Morgan fingerprint density at radius 2 is 2.40 bits per heavy atom. The largest absolute Gasteiger partial charge is 0.292 e. The minimum atomic E-state index is -0.0380. The number of thiol groups is 1. The van der Waals surface area contributed by atoms with Crippen molar-refractivity contribution < 1.29 is 4.79 Å². The van der Waals surface area contributed by atoms with Crippen molar-refractivity contribution in [3.05, 3.63) is 30.1 Å². The summed E-state index contributed by atoms with van der Waals surface area (Å²) in [6.45, 7) is 0.